The molecule has 0 aliphatic carbocycles. The molecule has 0 radical (unpaired) electrons. The summed E-state index contributed by atoms with van der Waals surface area (Å²) in [6, 6.07) is 2.65. The predicted octanol–water partition coefficient (Wildman–Crippen LogP) is 3.79. The summed E-state index contributed by atoms with van der Waals surface area (Å²) in [5, 5.41) is 2.66. The summed E-state index contributed by atoms with van der Waals surface area (Å²) in [4.78, 5) is 12.0. The molecule has 1 atom stereocenters. The third-order valence-electron chi connectivity index (χ3n) is 3.04. The molecule has 3 nitrogen and oxygen atoms in total. The highest BCUT2D eigenvalue weighted by Crippen LogP contribution is 2.30. The SMILES string of the molecule is C[C@H](C(=O)Nc1cc(F)c(Br)cc1N)C(C)(C)C. The Balaban J connectivity index is 2.92. The zero-order valence-corrected chi connectivity index (χ0v) is 12.6. The lowest BCUT2D eigenvalue weighted by atomic mass is 9.81. The molecule has 3 N–H and O–H groups in total. The molecule has 1 aromatic carbocycles. The number of rotatable bonds is 2. The smallest absolute Gasteiger partial charge is 0.227 e. The first kappa shape index (κ1) is 15.0. The molecule has 1 rings (SSSR count). The van der Waals surface area contributed by atoms with Gasteiger partial charge in [-0.2, -0.15) is 0 Å². The molecule has 1 aromatic rings. The summed E-state index contributed by atoms with van der Waals surface area (Å²) in [6.07, 6.45) is 0. The summed E-state index contributed by atoms with van der Waals surface area (Å²) in [7, 11) is 0. The standard InChI is InChI=1S/C13H18BrFN2O/c1-7(13(2,3)4)12(18)17-11-6-9(15)8(14)5-10(11)16/h5-7H,16H2,1-4H3,(H,17,18)/t7-/m1/s1. The number of carbonyl (C=O) groups is 1. The molecule has 18 heavy (non-hydrogen) atoms. The van der Waals surface area contributed by atoms with Crippen LogP contribution in [0, 0.1) is 17.2 Å². The van der Waals surface area contributed by atoms with E-state index in [1.54, 1.807) is 0 Å². The Labute approximate surface area is 115 Å². The molecule has 0 saturated heterocycles. The summed E-state index contributed by atoms with van der Waals surface area (Å²) >= 11 is 3.04. The van der Waals surface area contributed by atoms with Crippen molar-refractivity contribution in [1.29, 1.82) is 0 Å². The fourth-order valence-corrected chi connectivity index (χ4v) is 1.67. The first-order valence-corrected chi connectivity index (χ1v) is 6.47. The van der Waals surface area contributed by atoms with Crippen molar-refractivity contribution in [2.24, 2.45) is 11.3 Å². The Morgan fingerprint density at radius 1 is 1.44 bits per heavy atom. The molecule has 0 heterocycles. The van der Waals surface area contributed by atoms with Gasteiger partial charge in [0, 0.05) is 12.0 Å². The molecule has 0 aliphatic heterocycles. The topological polar surface area (TPSA) is 55.1 Å². The average Bonchev–Trinajstić information content (AvgIpc) is 2.23. The number of benzene rings is 1. The van der Waals surface area contributed by atoms with Crippen molar-refractivity contribution < 1.29 is 9.18 Å². The van der Waals surface area contributed by atoms with Crippen LogP contribution in [0.25, 0.3) is 0 Å². The van der Waals surface area contributed by atoms with Crippen molar-refractivity contribution >= 4 is 33.2 Å². The van der Waals surface area contributed by atoms with Gasteiger partial charge in [-0.3, -0.25) is 4.79 Å². The lowest BCUT2D eigenvalue weighted by Gasteiger charge is -2.26. The molecule has 0 fully saturated rings. The van der Waals surface area contributed by atoms with Crippen molar-refractivity contribution in [1.82, 2.24) is 0 Å². The summed E-state index contributed by atoms with van der Waals surface area (Å²) < 4.78 is 13.7. The van der Waals surface area contributed by atoms with E-state index in [9.17, 15) is 9.18 Å². The first-order chi connectivity index (χ1) is 8.12. The quantitative estimate of drug-likeness (QED) is 0.815. The predicted molar refractivity (Wildman–Crippen MR) is 75.8 cm³/mol. The van der Waals surface area contributed by atoms with Crippen molar-refractivity contribution in [2.75, 3.05) is 11.1 Å². The van der Waals surface area contributed by atoms with Gasteiger partial charge in [-0.05, 0) is 27.4 Å². The lowest BCUT2D eigenvalue weighted by Crippen LogP contribution is -2.31. The second kappa shape index (κ2) is 5.26. The minimum absolute atomic E-state index is 0.160. The van der Waals surface area contributed by atoms with Gasteiger partial charge in [0.2, 0.25) is 5.91 Å². The molecule has 0 aromatic heterocycles. The van der Waals surface area contributed by atoms with Crippen molar-refractivity contribution in [3.63, 3.8) is 0 Å². The maximum absolute atomic E-state index is 13.4. The highest BCUT2D eigenvalue weighted by atomic mass is 79.9. The fourth-order valence-electron chi connectivity index (χ4n) is 1.30. The number of hydrogen-bond acceptors (Lipinski definition) is 2. The molecular weight excluding hydrogens is 299 g/mol. The highest BCUT2D eigenvalue weighted by Gasteiger charge is 2.27. The highest BCUT2D eigenvalue weighted by molar-refractivity contribution is 9.10. The van der Waals surface area contributed by atoms with Gasteiger partial charge in [-0.1, -0.05) is 27.7 Å². The largest absolute Gasteiger partial charge is 0.397 e. The van der Waals surface area contributed by atoms with Gasteiger partial charge in [0.05, 0.1) is 15.8 Å². The van der Waals surface area contributed by atoms with Crippen LogP contribution in [0.15, 0.2) is 16.6 Å². The molecular formula is C13H18BrFN2O. The van der Waals surface area contributed by atoms with Gasteiger partial charge in [-0.25, -0.2) is 4.39 Å². The van der Waals surface area contributed by atoms with Crippen molar-refractivity contribution in [2.45, 2.75) is 27.7 Å². The molecule has 0 bridgehead atoms. The Bertz CT molecular complexity index is 469. The molecule has 1 amide bonds. The molecule has 0 saturated carbocycles. The van der Waals surface area contributed by atoms with Crippen LogP contribution in [0.4, 0.5) is 15.8 Å². The van der Waals surface area contributed by atoms with E-state index in [0.717, 1.165) is 0 Å². The van der Waals surface area contributed by atoms with Crippen LogP contribution in [-0.4, -0.2) is 5.91 Å². The minimum Gasteiger partial charge on any atom is -0.397 e. The second-order valence-corrected chi connectivity index (χ2v) is 6.28. The van der Waals surface area contributed by atoms with Crippen LogP contribution in [0.3, 0.4) is 0 Å². The number of amides is 1. The molecule has 0 spiro atoms. The summed E-state index contributed by atoms with van der Waals surface area (Å²) in [5.74, 6) is -0.831. The van der Waals surface area contributed by atoms with Gasteiger partial charge in [-0.15, -0.1) is 0 Å². The maximum atomic E-state index is 13.4. The third-order valence-corrected chi connectivity index (χ3v) is 3.65. The number of carbonyl (C=O) groups excluding carboxylic acids is 1. The zero-order chi connectivity index (χ0) is 14.1. The first-order valence-electron chi connectivity index (χ1n) is 5.68. The number of nitrogens with two attached hydrogens (primary N) is 1. The number of nitrogen functional groups attached to an aromatic ring is 1. The van der Waals surface area contributed by atoms with Gasteiger partial charge in [0.15, 0.2) is 0 Å². The molecule has 5 heteroatoms. The molecule has 0 unspecified atom stereocenters. The Morgan fingerprint density at radius 2 is 2.00 bits per heavy atom. The number of halogens is 2. The second-order valence-electron chi connectivity index (χ2n) is 5.43. The minimum atomic E-state index is -0.456. The van der Waals surface area contributed by atoms with E-state index >= 15 is 0 Å². The van der Waals surface area contributed by atoms with E-state index in [-0.39, 0.29) is 21.7 Å². The maximum Gasteiger partial charge on any atom is 0.227 e. The summed E-state index contributed by atoms with van der Waals surface area (Å²) in [6.45, 7) is 7.76. The van der Waals surface area contributed by atoms with Crippen LogP contribution >= 0.6 is 15.9 Å². The van der Waals surface area contributed by atoms with Crippen LogP contribution in [-0.2, 0) is 4.79 Å². The van der Waals surface area contributed by atoms with Gasteiger partial charge in [0.1, 0.15) is 5.82 Å². The lowest BCUT2D eigenvalue weighted by molar-refractivity contribution is -0.122. The van der Waals surface area contributed by atoms with Crippen molar-refractivity contribution in [3.8, 4) is 0 Å². The average molecular weight is 317 g/mol. The Morgan fingerprint density at radius 3 is 2.50 bits per heavy atom. The van der Waals surface area contributed by atoms with Crippen LogP contribution in [0.2, 0.25) is 0 Å². The third kappa shape index (κ3) is 3.45. The van der Waals surface area contributed by atoms with Gasteiger partial charge >= 0.3 is 0 Å². The molecule has 100 valence electrons. The van der Waals surface area contributed by atoms with Crippen LogP contribution in [0.5, 0.6) is 0 Å². The van der Waals surface area contributed by atoms with E-state index in [0.29, 0.717) is 11.4 Å². The van der Waals surface area contributed by atoms with E-state index in [2.05, 4.69) is 21.2 Å². The Kier molecular flexibility index (Phi) is 4.37. The zero-order valence-electron chi connectivity index (χ0n) is 11.0. The summed E-state index contributed by atoms with van der Waals surface area (Å²) in [5.41, 5.74) is 6.21. The van der Waals surface area contributed by atoms with E-state index in [1.807, 2.05) is 27.7 Å². The van der Waals surface area contributed by atoms with Crippen LogP contribution in [0.1, 0.15) is 27.7 Å². The van der Waals surface area contributed by atoms with E-state index in [1.165, 1.54) is 12.1 Å². The monoisotopic (exact) mass is 316 g/mol. The van der Waals surface area contributed by atoms with Gasteiger partial charge in [0.25, 0.3) is 0 Å². The number of hydrogen-bond donors (Lipinski definition) is 2. The van der Waals surface area contributed by atoms with Crippen LogP contribution < -0.4 is 11.1 Å². The normalized spacial score (nSPS) is 13.2. The van der Waals surface area contributed by atoms with Gasteiger partial charge < -0.3 is 11.1 Å². The number of anilines is 2. The molecule has 0 aliphatic rings. The van der Waals surface area contributed by atoms with Crippen molar-refractivity contribution in [3.05, 3.63) is 22.4 Å². The van der Waals surface area contributed by atoms with E-state index < -0.39 is 5.82 Å². The Hall–Kier alpha value is -1.10. The van der Waals surface area contributed by atoms with E-state index in [4.69, 9.17) is 5.73 Å². The number of nitrogens with one attached hydrogen (secondary N) is 1. The fraction of sp³-hybridized carbons (Fsp3) is 0.462.